The molecule has 1 saturated carbocycles. The number of carboxylic acid groups (broad SMARTS) is 1. The molecule has 2 rings (SSSR count). The fourth-order valence-corrected chi connectivity index (χ4v) is 2.41. The third kappa shape index (κ3) is 6.06. The topological polar surface area (TPSA) is 75.8 Å². The highest BCUT2D eigenvalue weighted by Crippen LogP contribution is 2.22. The molecule has 118 valence electrons. The van der Waals surface area contributed by atoms with Crippen molar-refractivity contribution in [2.75, 3.05) is 26.3 Å². The summed E-state index contributed by atoms with van der Waals surface area (Å²) >= 11 is 0. The molecule has 0 aromatic rings. The van der Waals surface area contributed by atoms with E-state index in [2.05, 4.69) is 4.90 Å². The van der Waals surface area contributed by atoms with Gasteiger partial charge in [0.05, 0.1) is 13.2 Å². The highest BCUT2D eigenvalue weighted by atomic mass is 19.4. The number of rotatable bonds is 1. The van der Waals surface area contributed by atoms with Gasteiger partial charge in [-0.25, -0.2) is 4.79 Å². The molecular formula is C12H21F3N2O3. The lowest BCUT2D eigenvalue weighted by Gasteiger charge is -2.38. The molecule has 0 aromatic carbocycles. The third-order valence-corrected chi connectivity index (χ3v) is 3.55. The fraction of sp³-hybridized carbons (Fsp3) is 0.917. The first-order chi connectivity index (χ1) is 9.30. The highest BCUT2D eigenvalue weighted by Gasteiger charge is 2.38. The minimum absolute atomic E-state index is 0.470. The van der Waals surface area contributed by atoms with E-state index < -0.39 is 12.1 Å². The Labute approximate surface area is 115 Å². The Bertz CT molecular complexity index is 299. The van der Waals surface area contributed by atoms with Crippen molar-refractivity contribution in [1.29, 1.82) is 0 Å². The highest BCUT2D eigenvalue weighted by molar-refractivity contribution is 5.73. The largest absolute Gasteiger partial charge is 0.490 e. The summed E-state index contributed by atoms with van der Waals surface area (Å²) in [5.74, 6) is -2.76. The maximum Gasteiger partial charge on any atom is 0.490 e. The lowest BCUT2D eigenvalue weighted by Crippen LogP contribution is -2.46. The molecule has 1 aliphatic heterocycles. The van der Waals surface area contributed by atoms with Crippen molar-refractivity contribution >= 4 is 5.97 Å². The summed E-state index contributed by atoms with van der Waals surface area (Å²) in [4.78, 5) is 11.5. The van der Waals surface area contributed by atoms with Gasteiger partial charge in [-0.15, -0.1) is 0 Å². The van der Waals surface area contributed by atoms with E-state index in [4.69, 9.17) is 20.4 Å². The second-order valence-electron chi connectivity index (χ2n) is 5.02. The lowest BCUT2D eigenvalue weighted by atomic mass is 9.90. The van der Waals surface area contributed by atoms with Crippen LogP contribution >= 0.6 is 0 Å². The normalized spacial score (nSPS) is 28.4. The van der Waals surface area contributed by atoms with E-state index in [1.165, 1.54) is 25.7 Å². The molecule has 1 heterocycles. The van der Waals surface area contributed by atoms with Crippen LogP contribution in [0.2, 0.25) is 0 Å². The minimum atomic E-state index is -5.08. The molecule has 20 heavy (non-hydrogen) atoms. The maximum atomic E-state index is 10.6. The van der Waals surface area contributed by atoms with E-state index in [0.29, 0.717) is 6.04 Å². The van der Waals surface area contributed by atoms with Crippen LogP contribution in [0.1, 0.15) is 25.7 Å². The first-order valence-electron chi connectivity index (χ1n) is 6.68. The number of alkyl halides is 3. The zero-order valence-electron chi connectivity index (χ0n) is 11.2. The quantitative estimate of drug-likeness (QED) is 0.761. The predicted molar refractivity (Wildman–Crippen MR) is 66.3 cm³/mol. The van der Waals surface area contributed by atoms with E-state index in [1.54, 1.807) is 0 Å². The average Bonchev–Trinajstić information content (AvgIpc) is 2.40. The number of carbonyl (C=O) groups is 1. The van der Waals surface area contributed by atoms with Crippen molar-refractivity contribution in [3.05, 3.63) is 0 Å². The molecule has 0 amide bonds. The Morgan fingerprint density at radius 3 is 2.00 bits per heavy atom. The van der Waals surface area contributed by atoms with Crippen molar-refractivity contribution in [2.45, 2.75) is 43.9 Å². The molecule has 0 bridgehead atoms. The third-order valence-electron chi connectivity index (χ3n) is 3.55. The Kier molecular flexibility index (Phi) is 6.70. The molecular weight excluding hydrogens is 277 g/mol. The van der Waals surface area contributed by atoms with Crippen LogP contribution in [0, 0.1) is 0 Å². The molecule has 0 atom stereocenters. The second-order valence-corrected chi connectivity index (χ2v) is 5.02. The number of nitrogens with two attached hydrogens (primary N) is 1. The number of morpholine rings is 1. The number of halogens is 3. The Balaban J connectivity index is 0.000000246. The van der Waals surface area contributed by atoms with E-state index >= 15 is 0 Å². The zero-order chi connectivity index (χ0) is 15.2. The van der Waals surface area contributed by atoms with E-state index in [1.807, 2.05) is 0 Å². The van der Waals surface area contributed by atoms with Gasteiger partial charge in [-0.3, -0.25) is 4.90 Å². The lowest BCUT2D eigenvalue weighted by molar-refractivity contribution is -0.192. The Hall–Kier alpha value is -0.860. The van der Waals surface area contributed by atoms with Gasteiger partial charge < -0.3 is 15.6 Å². The van der Waals surface area contributed by atoms with E-state index in [-0.39, 0.29) is 0 Å². The first kappa shape index (κ1) is 17.2. The maximum absolute atomic E-state index is 10.6. The Morgan fingerprint density at radius 1 is 1.15 bits per heavy atom. The summed E-state index contributed by atoms with van der Waals surface area (Å²) in [6.45, 7) is 4.09. The van der Waals surface area contributed by atoms with Crippen molar-refractivity contribution in [3.8, 4) is 0 Å². The van der Waals surface area contributed by atoms with Crippen molar-refractivity contribution in [3.63, 3.8) is 0 Å². The molecule has 1 aliphatic carbocycles. The van der Waals surface area contributed by atoms with Gasteiger partial charge in [0, 0.05) is 25.2 Å². The number of nitrogens with zero attached hydrogens (tertiary/aromatic N) is 1. The van der Waals surface area contributed by atoms with Crippen LogP contribution in [-0.4, -0.2) is 60.5 Å². The van der Waals surface area contributed by atoms with E-state index in [9.17, 15) is 13.2 Å². The summed E-state index contributed by atoms with van der Waals surface area (Å²) in [6, 6.07) is 1.26. The van der Waals surface area contributed by atoms with Gasteiger partial charge in [-0.2, -0.15) is 13.2 Å². The van der Waals surface area contributed by atoms with Crippen LogP contribution in [0.4, 0.5) is 13.2 Å². The van der Waals surface area contributed by atoms with Gasteiger partial charge in [-0.05, 0) is 25.7 Å². The number of carboxylic acids is 1. The Morgan fingerprint density at radius 2 is 1.60 bits per heavy atom. The molecule has 2 fully saturated rings. The molecule has 0 spiro atoms. The van der Waals surface area contributed by atoms with Gasteiger partial charge in [0.1, 0.15) is 0 Å². The first-order valence-corrected chi connectivity index (χ1v) is 6.68. The van der Waals surface area contributed by atoms with Gasteiger partial charge >= 0.3 is 12.1 Å². The average molecular weight is 298 g/mol. The SMILES string of the molecule is NC1CCC(N2CCOCC2)CC1.O=C(O)C(F)(F)F. The number of ether oxygens (including phenoxy) is 1. The minimum Gasteiger partial charge on any atom is -0.475 e. The van der Waals surface area contributed by atoms with Crippen molar-refractivity contribution in [1.82, 2.24) is 4.90 Å². The van der Waals surface area contributed by atoms with Gasteiger partial charge in [0.2, 0.25) is 0 Å². The summed E-state index contributed by atoms with van der Waals surface area (Å²) in [5.41, 5.74) is 5.88. The van der Waals surface area contributed by atoms with Crippen molar-refractivity contribution in [2.24, 2.45) is 5.73 Å². The second kappa shape index (κ2) is 7.80. The molecule has 8 heteroatoms. The predicted octanol–water partition coefficient (Wildman–Crippen LogP) is 1.22. The summed E-state index contributed by atoms with van der Waals surface area (Å²) in [5, 5.41) is 7.12. The molecule has 2 aliphatic rings. The van der Waals surface area contributed by atoms with Crippen LogP contribution in [-0.2, 0) is 9.53 Å². The van der Waals surface area contributed by atoms with Gasteiger partial charge in [0.15, 0.2) is 0 Å². The summed E-state index contributed by atoms with van der Waals surface area (Å²) < 4.78 is 37.1. The van der Waals surface area contributed by atoms with Crippen LogP contribution in [0.3, 0.4) is 0 Å². The monoisotopic (exact) mass is 298 g/mol. The summed E-state index contributed by atoms with van der Waals surface area (Å²) in [6.07, 6.45) is -0.0770. The van der Waals surface area contributed by atoms with Gasteiger partial charge in [-0.1, -0.05) is 0 Å². The fourth-order valence-electron chi connectivity index (χ4n) is 2.41. The van der Waals surface area contributed by atoms with Crippen molar-refractivity contribution < 1.29 is 27.8 Å². The van der Waals surface area contributed by atoms with Gasteiger partial charge in [0.25, 0.3) is 0 Å². The molecule has 5 nitrogen and oxygen atoms in total. The standard InChI is InChI=1S/C10H20N2O.C2HF3O2/c11-9-1-3-10(4-2-9)12-5-7-13-8-6-12;3-2(4,5)1(6)7/h9-10H,1-8,11H2;(H,6,7). The molecule has 0 radical (unpaired) electrons. The van der Waals surface area contributed by atoms with Crippen LogP contribution in [0.15, 0.2) is 0 Å². The molecule has 0 unspecified atom stereocenters. The van der Waals surface area contributed by atoms with Crippen LogP contribution in [0.5, 0.6) is 0 Å². The number of hydrogen-bond donors (Lipinski definition) is 2. The zero-order valence-corrected chi connectivity index (χ0v) is 11.2. The number of hydrogen-bond acceptors (Lipinski definition) is 4. The smallest absolute Gasteiger partial charge is 0.475 e. The van der Waals surface area contributed by atoms with Crippen LogP contribution in [0.25, 0.3) is 0 Å². The molecule has 0 aromatic heterocycles. The summed E-state index contributed by atoms with van der Waals surface area (Å²) in [7, 11) is 0. The van der Waals surface area contributed by atoms with Crippen LogP contribution < -0.4 is 5.73 Å². The van der Waals surface area contributed by atoms with E-state index in [0.717, 1.165) is 32.3 Å². The molecule has 1 saturated heterocycles. The molecule has 3 N–H and O–H groups in total. The number of aliphatic carboxylic acids is 1.